The Bertz CT molecular complexity index is 3650. The Labute approximate surface area is 334 Å². The summed E-state index contributed by atoms with van der Waals surface area (Å²) in [5, 5.41) is 8.92. The van der Waals surface area contributed by atoms with Gasteiger partial charge < -0.3 is 18.3 Å². The van der Waals surface area contributed by atoms with Crippen molar-refractivity contribution in [1.29, 1.82) is 0 Å². The molecule has 4 heterocycles. The molecule has 12 aromatic rings. The van der Waals surface area contributed by atoms with Crippen LogP contribution in [0.15, 0.2) is 188 Å². The summed E-state index contributed by atoms with van der Waals surface area (Å²) < 4.78 is 9.82. The van der Waals surface area contributed by atoms with Gasteiger partial charge in [-0.25, -0.2) is 0 Å². The van der Waals surface area contributed by atoms with Gasteiger partial charge in [0, 0.05) is 71.7 Å². The molecule has 13 rings (SSSR count). The standard InChI is InChI=1S/C54H36N4/c1-3-15-35(16-4-1)55-47-23-11-7-19-39(47)43-31-45-41-21-9-13-25-49(41)57(53(45)33-51(43)55)37-27-29-38(30-28-37)58-50-26-14-10-22-42(50)46-32-44-40-20-8-12-24-48(40)56(52(44)34-54(46)58)36-17-5-2-6-18-36/h1-13,15-25,27-34H,14,26H2. The zero-order valence-electron chi connectivity index (χ0n) is 31.7. The zero-order valence-corrected chi connectivity index (χ0v) is 31.7. The Morgan fingerprint density at radius 2 is 0.672 bits per heavy atom. The lowest BCUT2D eigenvalue weighted by atomic mass is 10.0. The van der Waals surface area contributed by atoms with Gasteiger partial charge in [-0.2, -0.15) is 0 Å². The maximum atomic E-state index is 2.53. The van der Waals surface area contributed by atoms with Crippen molar-refractivity contribution in [3.05, 3.63) is 199 Å². The second-order valence-corrected chi connectivity index (χ2v) is 15.7. The van der Waals surface area contributed by atoms with E-state index in [1.165, 1.54) is 105 Å². The summed E-state index contributed by atoms with van der Waals surface area (Å²) in [5.74, 6) is 0. The first kappa shape index (κ1) is 31.6. The summed E-state index contributed by atoms with van der Waals surface area (Å²) in [6.45, 7) is 0. The summed E-state index contributed by atoms with van der Waals surface area (Å²) >= 11 is 0. The molecule has 0 unspecified atom stereocenters. The SMILES string of the molecule is C1=Cc2c(n(-c3ccc(-n4c5ccccc5c5cc6c7ccccc7n(-c7ccccc7)c6cc54)cc3)c3cc4c(cc23)c2ccccc2n4-c2ccccc2)CC1. The molecule has 272 valence electrons. The predicted octanol–water partition coefficient (Wildman–Crippen LogP) is 13.9. The average Bonchev–Trinajstić information content (AvgIpc) is 4.00. The molecule has 0 amide bonds. The molecule has 1 aliphatic carbocycles. The van der Waals surface area contributed by atoms with Gasteiger partial charge in [0.2, 0.25) is 0 Å². The number of aromatic nitrogens is 4. The highest BCUT2D eigenvalue weighted by molar-refractivity contribution is 6.19. The Kier molecular flexibility index (Phi) is 6.53. The Balaban J connectivity index is 1.04. The third-order valence-electron chi connectivity index (χ3n) is 12.6. The van der Waals surface area contributed by atoms with Crippen LogP contribution in [0.5, 0.6) is 0 Å². The van der Waals surface area contributed by atoms with Crippen molar-refractivity contribution in [1.82, 2.24) is 18.3 Å². The lowest BCUT2D eigenvalue weighted by molar-refractivity contribution is 0.888. The van der Waals surface area contributed by atoms with Crippen molar-refractivity contribution in [3.63, 3.8) is 0 Å². The molecule has 0 N–H and O–H groups in total. The quantitative estimate of drug-likeness (QED) is 0.171. The summed E-state index contributed by atoms with van der Waals surface area (Å²) in [5.41, 5.74) is 15.9. The van der Waals surface area contributed by atoms with E-state index >= 15 is 0 Å². The molecule has 0 bridgehead atoms. The van der Waals surface area contributed by atoms with Gasteiger partial charge in [-0.3, -0.25) is 0 Å². The van der Waals surface area contributed by atoms with E-state index in [9.17, 15) is 0 Å². The number of para-hydroxylation sites is 5. The van der Waals surface area contributed by atoms with Crippen LogP contribution in [0.4, 0.5) is 0 Å². The maximum Gasteiger partial charge on any atom is 0.0562 e. The summed E-state index contributed by atoms with van der Waals surface area (Å²) in [6.07, 6.45) is 6.73. The van der Waals surface area contributed by atoms with Gasteiger partial charge in [0.25, 0.3) is 0 Å². The number of hydrogen-bond acceptors (Lipinski definition) is 0. The largest absolute Gasteiger partial charge is 0.313 e. The van der Waals surface area contributed by atoms with Gasteiger partial charge >= 0.3 is 0 Å². The molecule has 0 radical (unpaired) electrons. The van der Waals surface area contributed by atoms with E-state index in [1.54, 1.807) is 0 Å². The average molecular weight is 741 g/mol. The molecule has 0 fully saturated rings. The molecular formula is C54H36N4. The number of rotatable bonds is 4. The number of allylic oxidation sites excluding steroid dienone is 1. The van der Waals surface area contributed by atoms with E-state index in [2.05, 4.69) is 212 Å². The number of fused-ring (bicyclic) bond motifs is 12. The van der Waals surface area contributed by atoms with Crippen LogP contribution in [0.1, 0.15) is 17.7 Å². The smallest absolute Gasteiger partial charge is 0.0562 e. The first-order valence-electron chi connectivity index (χ1n) is 20.3. The fraction of sp³-hybridized carbons (Fsp3) is 0.0370. The Hall–Kier alpha value is -7.56. The number of hydrogen-bond donors (Lipinski definition) is 0. The summed E-state index contributed by atoms with van der Waals surface area (Å²) in [4.78, 5) is 0. The Morgan fingerprint density at radius 1 is 0.293 bits per heavy atom. The molecule has 4 aromatic heterocycles. The molecule has 0 spiro atoms. The minimum atomic E-state index is 1.00. The number of benzene rings is 8. The van der Waals surface area contributed by atoms with E-state index in [-0.39, 0.29) is 0 Å². The fourth-order valence-corrected chi connectivity index (χ4v) is 10.1. The van der Waals surface area contributed by atoms with Crippen LogP contribution < -0.4 is 0 Å². The first-order chi connectivity index (χ1) is 28.8. The summed E-state index contributed by atoms with van der Waals surface area (Å²) in [7, 11) is 0. The molecule has 58 heavy (non-hydrogen) atoms. The van der Waals surface area contributed by atoms with Gasteiger partial charge in [-0.1, -0.05) is 103 Å². The van der Waals surface area contributed by atoms with E-state index in [4.69, 9.17) is 0 Å². The predicted molar refractivity (Wildman–Crippen MR) is 244 cm³/mol. The molecule has 0 saturated carbocycles. The molecule has 0 saturated heterocycles. The highest BCUT2D eigenvalue weighted by Gasteiger charge is 2.23. The van der Waals surface area contributed by atoms with Crippen molar-refractivity contribution >= 4 is 82.4 Å². The fourth-order valence-electron chi connectivity index (χ4n) is 10.1. The van der Waals surface area contributed by atoms with Gasteiger partial charge in [0.05, 0.1) is 38.6 Å². The monoisotopic (exact) mass is 740 g/mol. The van der Waals surface area contributed by atoms with E-state index < -0.39 is 0 Å². The van der Waals surface area contributed by atoms with Crippen LogP contribution in [0.3, 0.4) is 0 Å². The minimum absolute atomic E-state index is 1.00. The lowest BCUT2D eigenvalue weighted by Crippen LogP contribution is -2.03. The van der Waals surface area contributed by atoms with Crippen molar-refractivity contribution < 1.29 is 0 Å². The molecule has 1 aliphatic rings. The Morgan fingerprint density at radius 3 is 1.16 bits per heavy atom. The van der Waals surface area contributed by atoms with Crippen molar-refractivity contribution in [2.24, 2.45) is 0 Å². The van der Waals surface area contributed by atoms with Crippen LogP contribution in [0.25, 0.3) is 105 Å². The van der Waals surface area contributed by atoms with Crippen LogP contribution in [-0.4, -0.2) is 18.3 Å². The normalized spacial score (nSPS) is 13.0. The highest BCUT2D eigenvalue weighted by Crippen LogP contribution is 2.42. The van der Waals surface area contributed by atoms with Crippen molar-refractivity contribution in [2.45, 2.75) is 12.8 Å². The first-order valence-corrected chi connectivity index (χ1v) is 20.3. The minimum Gasteiger partial charge on any atom is -0.313 e. The van der Waals surface area contributed by atoms with Crippen LogP contribution in [0, 0.1) is 0 Å². The van der Waals surface area contributed by atoms with E-state index in [1.807, 2.05) is 0 Å². The number of nitrogens with zero attached hydrogens (tertiary/aromatic N) is 4. The molecule has 4 heteroatoms. The van der Waals surface area contributed by atoms with Crippen LogP contribution >= 0.6 is 0 Å². The second kappa shape index (κ2) is 12.0. The molecule has 4 nitrogen and oxygen atoms in total. The topological polar surface area (TPSA) is 19.7 Å². The zero-order chi connectivity index (χ0) is 37.9. The van der Waals surface area contributed by atoms with Crippen molar-refractivity contribution in [3.8, 4) is 22.7 Å². The van der Waals surface area contributed by atoms with E-state index in [0.29, 0.717) is 0 Å². The van der Waals surface area contributed by atoms with Gasteiger partial charge in [-0.05, 0) is 104 Å². The third-order valence-corrected chi connectivity index (χ3v) is 12.6. The van der Waals surface area contributed by atoms with Crippen molar-refractivity contribution in [2.75, 3.05) is 0 Å². The van der Waals surface area contributed by atoms with Gasteiger partial charge in [-0.15, -0.1) is 0 Å². The van der Waals surface area contributed by atoms with Crippen LogP contribution in [0.2, 0.25) is 0 Å². The molecule has 8 aromatic carbocycles. The van der Waals surface area contributed by atoms with Gasteiger partial charge in [0.1, 0.15) is 0 Å². The third kappa shape index (κ3) is 4.34. The molecular weight excluding hydrogens is 705 g/mol. The maximum absolute atomic E-state index is 2.53. The van der Waals surface area contributed by atoms with E-state index in [0.717, 1.165) is 18.5 Å². The van der Waals surface area contributed by atoms with Gasteiger partial charge in [0.15, 0.2) is 0 Å². The molecule has 0 atom stereocenters. The summed E-state index contributed by atoms with van der Waals surface area (Å²) in [6, 6.07) is 67.0. The molecule has 0 aliphatic heterocycles. The lowest BCUT2D eigenvalue weighted by Gasteiger charge is -2.15. The van der Waals surface area contributed by atoms with Crippen LogP contribution in [-0.2, 0) is 6.42 Å². The highest BCUT2D eigenvalue weighted by atomic mass is 15.0. The second-order valence-electron chi connectivity index (χ2n) is 15.7.